The van der Waals surface area contributed by atoms with Crippen LogP contribution < -0.4 is 0 Å². The van der Waals surface area contributed by atoms with Gasteiger partial charge in [0.05, 0.1) is 0 Å². The normalized spacial score (nSPS) is 17.1. The van der Waals surface area contributed by atoms with Gasteiger partial charge in [-0.3, -0.25) is 4.90 Å². The Kier molecular flexibility index (Phi) is 5.27. The van der Waals surface area contributed by atoms with Crippen molar-refractivity contribution < 1.29 is 5.11 Å². The summed E-state index contributed by atoms with van der Waals surface area (Å²) < 4.78 is 2.09. The Labute approximate surface area is 195 Å². The van der Waals surface area contributed by atoms with Crippen molar-refractivity contribution in [1.82, 2.24) is 9.47 Å². The van der Waals surface area contributed by atoms with Crippen LogP contribution in [0.1, 0.15) is 42.3 Å². The molecule has 1 aliphatic carbocycles. The van der Waals surface area contributed by atoms with Gasteiger partial charge in [0.25, 0.3) is 0 Å². The molecule has 0 saturated carbocycles. The van der Waals surface area contributed by atoms with Gasteiger partial charge in [0.2, 0.25) is 0 Å². The molecule has 3 aromatic carbocycles. The van der Waals surface area contributed by atoms with Crippen molar-refractivity contribution >= 4 is 10.8 Å². The first-order valence-electron chi connectivity index (χ1n) is 12.1. The van der Waals surface area contributed by atoms with Crippen LogP contribution in [0.15, 0.2) is 91.1 Å². The summed E-state index contributed by atoms with van der Waals surface area (Å²) in [6.45, 7) is 3.14. The van der Waals surface area contributed by atoms with Gasteiger partial charge in [0, 0.05) is 48.6 Å². The number of likely N-dealkylation sites (tertiary alicyclic amines) is 1. The molecule has 1 fully saturated rings. The van der Waals surface area contributed by atoms with Crippen LogP contribution >= 0.6 is 0 Å². The number of allylic oxidation sites excluding steroid dienone is 1. The van der Waals surface area contributed by atoms with E-state index in [1.807, 2.05) is 18.2 Å². The molecule has 0 spiro atoms. The van der Waals surface area contributed by atoms with Gasteiger partial charge in [-0.25, -0.2) is 0 Å². The summed E-state index contributed by atoms with van der Waals surface area (Å²) in [5.41, 5.74) is 5.72. The predicted octanol–water partition coefficient (Wildman–Crippen LogP) is 6.74. The van der Waals surface area contributed by atoms with Crippen molar-refractivity contribution in [3.63, 3.8) is 0 Å². The Morgan fingerprint density at radius 3 is 2.12 bits per heavy atom. The minimum atomic E-state index is 0.379. The summed E-state index contributed by atoms with van der Waals surface area (Å²) in [6.07, 6.45) is 10.0. The van der Waals surface area contributed by atoms with Crippen molar-refractivity contribution in [2.24, 2.45) is 0 Å². The molecule has 4 aromatic rings. The molecule has 3 heteroatoms. The molecule has 33 heavy (non-hydrogen) atoms. The van der Waals surface area contributed by atoms with E-state index in [0.29, 0.717) is 17.8 Å². The summed E-state index contributed by atoms with van der Waals surface area (Å²) in [6, 6.07) is 26.2. The first-order valence-corrected chi connectivity index (χ1v) is 12.1. The Bertz CT molecular complexity index is 1260. The molecule has 0 bridgehead atoms. The number of benzene rings is 3. The second-order valence-electron chi connectivity index (χ2n) is 9.41. The maximum atomic E-state index is 10.7. The lowest BCUT2D eigenvalue weighted by atomic mass is 9.93. The van der Waals surface area contributed by atoms with Gasteiger partial charge >= 0.3 is 0 Å². The fourth-order valence-corrected chi connectivity index (χ4v) is 5.79. The van der Waals surface area contributed by atoms with E-state index in [1.165, 1.54) is 22.3 Å². The molecule has 0 unspecified atom stereocenters. The SMILES string of the molecule is Oc1c2ccccc2cn1C1CCN(CC=CCC2c3ccccc3-c3ccccc32)CC1. The van der Waals surface area contributed by atoms with E-state index >= 15 is 0 Å². The fourth-order valence-electron chi connectivity index (χ4n) is 5.79. The molecular formula is C30H30N2O. The third kappa shape index (κ3) is 3.67. The molecule has 6 rings (SSSR count). The van der Waals surface area contributed by atoms with Gasteiger partial charge in [-0.15, -0.1) is 0 Å². The van der Waals surface area contributed by atoms with Gasteiger partial charge in [0.15, 0.2) is 5.88 Å². The monoisotopic (exact) mass is 434 g/mol. The number of nitrogens with zero attached hydrogens (tertiary/aromatic N) is 2. The van der Waals surface area contributed by atoms with Crippen molar-refractivity contribution in [2.75, 3.05) is 19.6 Å². The van der Waals surface area contributed by atoms with Crippen LogP contribution in [-0.4, -0.2) is 34.2 Å². The van der Waals surface area contributed by atoms with E-state index in [2.05, 4.69) is 82.4 Å². The van der Waals surface area contributed by atoms with E-state index in [9.17, 15) is 5.11 Å². The smallest absolute Gasteiger partial charge is 0.199 e. The molecule has 0 radical (unpaired) electrons. The summed E-state index contributed by atoms with van der Waals surface area (Å²) in [5, 5.41) is 12.7. The quantitative estimate of drug-likeness (QED) is 0.352. The van der Waals surface area contributed by atoms with Gasteiger partial charge in [-0.1, -0.05) is 78.9 Å². The lowest BCUT2D eigenvalue weighted by Gasteiger charge is -2.32. The number of aromatic hydroxyl groups is 1. The lowest BCUT2D eigenvalue weighted by molar-refractivity contribution is 0.196. The second-order valence-corrected chi connectivity index (χ2v) is 9.41. The zero-order valence-corrected chi connectivity index (χ0v) is 18.9. The van der Waals surface area contributed by atoms with Crippen molar-refractivity contribution in [1.29, 1.82) is 0 Å². The number of fused-ring (bicyclic) bond motifs is 4. The molecule has 2 heterocycles. The molecule has 0 amide bonds. The highest BCUT2D eigenvalue weighted by molar-refractivity contribution is 5.87. The van der Waals surface area contributed by atoms with E-state index in [0.717, 1.165) is 49.7 Å². The standard InChI is InChI=1S/C30H30N2O/c33-30-24-10-2-1-9-22(24)21-32(30)23-16-19-31(20-17-23)18-8-7-15-29-27-13-5-3-11-25(27)26-12-4-6-14-28(26)29/h1-14,21,23,29,33H,15-20H2. The Balaban J connectivity index is 1.07. The van der Waals surface area contributed by atoms with Crippen LogP contribution in [0.2, 0.25) is 0 Å². The van der Waals surface area contributed by atoms with Crippen LogP contribution in [0.25, 0.3) is 21.9 Å². The third-order valence-corrected chi connectivity index (χ3v) is 7.54. The van der Waals surface area contributed by atoms with Crippen molar-refractivity contribution in [2.45, 2.75) is 31.2 Å². The average molecular weight is 435 g/mol. The fraction of sp³-hybridized carbons (Fsp3) is 0.267. The van der Waals surface area contributed by atoms with E-state index < -0.39 is 0 Å². The second kappa shape index (κ2) is 8.57. The maximum absolute atomic E-state index is 10.7. The third-order valence-electron chi connectivity index (χ3n) is 7.54. The van der Waals surface area contributed by atoms with Gasteiger partial charge in [0.1, 0.15) is 0 Å². The molecule has 3 nitrogen and oxygen atoms in total. The summed E-state index contributed by atoms with van der Waals surface area (Å²) in [5.74, 6) is 0.881. The predicted molar refractivity (Wildman–Crippen MR) is 136 cm³/mol. The minimum Gasteiger partial charge on any atom is -0.494 e. The van der Waals surface area contributed by atoms with Crippen LogP contribution in [-0.2, 0) is 0 Å². The Hall–Kier alpha value is -3.30. The average Bonchev–Trinajstić information content (AvgIpc) is 3.38. The Morgan fingerprint density at radius 2 is 1.42 bits per heavy atom. The highest BCUT2D eigenvalue weighted by Gasteiger charge is 2.27. The number of hydrogen-bond acceptors (Lipinski definition) is 2. The lowest BCUT2D eigenvalue weighted by Crippen LogP contribution is -2.34. The zero-order chi connectivity index (χ0) is 22.2. The number of rotatable bonds is 5. The highest BCUT2D eigenvalue weighted by atomic mass is 16.3. The minimum absolute atomic E-state index is 0.379. The maximum Gasteiger partial charge on any atom is 0.199 e. The van der Waals surface area contributed by atoms with Crippen LogP contribution in [0.3, 0.4) is 0 Å². The Morgan fingerprint density at radius 1 is 0.788 bits per heavy atom. The van der Waals surface area contributed by atoms with Crippen LogP contribution in [0, 0.1) is 0 Å². The van der Waals surface area contributed by atoms with Gasteiger partial charge in [-0.05, 0) is 47.6 Å². The molecule has 1 aliphatic heterocycles. The van der Waals surface area contributed by atoms with E-state index in [-0.39, 0.29) is 0 Å². The first kappa shape index (κ1) is 20.3. The molecule has 1 saturated heterocycles. The van der Waals surface area contributed by atoms with Crippen molar-refractivity contribution in [3.8, 4) is 17.0 Å². The van der Waals surface area contributed by atoms with E-state index in [1.54, 1.807) is 0 Å². The molecule has 2 aliphatic rings. The largest absolute Gasteiger partial charge is 0.494 e. The summed E-state index contributed by atoms with van der Waals surface area (Å²) in [7, 11) is 0. The van der Waals surface area contributed by atoms with Crippen molar-refractivity contribution in [3.05, 3.63) is 102 Å². The number of piperidine rings is 1. The molecule has 1 aromatic heterocycles. The first-order chi connectivity index (χ1) is 16.3. The highest BCUT2D eigenvalue weighted by Crippen LogP contribution is 2.46. The zero-order valence-electron chi connectivity index (χ0n) is 18.9. The number of hydrogen-bond donors (Lipinski definition) is 1. The number of aromatic nitrogens is 1. The molecule has 166 valence electrons. The summed E-state index contributed by atoms with van der Waals surface area (Å²) in [4.78, 5) is 2.53. The topological polar surface area (TPSA) is 28.4 Å². The molecule has 0 atom stereocenters. The molecule has 1 N–H and O–H groups in total. The van der Waals surface area contributed by atoms with Crippen LogP contribution in [0.4, 0.5) is 0 Å². The summed E-state index contributed by atoms with van der Waals surface area (Å²) >= 11 is 0. The van der Waals surface area contributed by atoms with Gasteiger partial charge in [-0.2, -0.15) is 0 Å². The molecular weight excluding hydrogens is 404 g/mol. The van der Waals surface area contributed by atoms with E-state index in [4.69, 9.17) is 0 Å². The van der Waals surface area contributed by atoms with Gasteiger partial charge < -0.3 is 9.67 Å². The van der Waals surface area contributed by atoms with Crippen LogP contribution in [0.5, 0.6) is 5.88 Å².